The fourth-order valence-corrected chi connectivity index (χ4v) is 4.87. The van der Waals surface area contributed by atoms with Gasteiger partial charge in [0.1, 0.15) is 11.6 Å². The van der Waals surface area contributed by atoms with E-state index in [9.17, 15) is 4.39 Å². The van der Waals surface area contributed by atoms with Gasteiger partial charge in [0.2, 0.25) is 0 Å². The molecule has 0 spiro atoms. The van der Waals surface area contributed by atoms with Gasteiger partial charge in [-0.15, -0.1) is 0 Å². The molecular weight excluding hydrogens is 349 g/mol. The summed E-state index contributed by atoms with van der Waals surface area (Å²) in [7, 11) is 0. The molecule has 6 heteroatoms. The smallest absolute Gasteiger partial charge is 0.279 e. The van der Waals surface area contributed by atoms with Crippen LogP contribution in [0.25, 0.3) is 10.2 Å². The van der Waals surface area contributed by atoms with Crippen molar-refractivity contribution in [3.8, 4) is 10.9 Å². The highest BCUT2D eigenvalue weighted by atomic mass is 32.1. The van der Waals surface area contributed by atoms with Crippen molar-refractivity contribution < 1.29 is 9.13 Å². The maximum atomic E-state index is 14.6. The summed E-state index contributed by atoms with van der Waals surface area (Å²) in [5.74, 6) is 0.287. The molecule has 3 heterocycles. The molecule has 2 aromatic carbocycles. The van der Waals surface area contributed by atoms with E-state index in [1.165, 1.54) is 30.2 Å². The van der Waals surface area contributed by atoms with Crippen LogP contribution in [0.5, 0.6) is 10.9 Å². The predicted octanol–water partition coefficient (Wildman–Crippen LogP) is 4.16. The maximum absolute atomic E-state index is 14.6. The monoisotopic (exact) mass is 369 g/mol. The van der Waals surface area contributed by atoms with Crippen molar-refractivity contribution in [3.63, 3.8) is 0 Å². The SMILES string of the molecule is Fc1cc(Oc2nc3ccccc3s2)ccc1CN1C2CCC1CNC2. The summed E-state index contributed by atoms with van der Waals surface area (Å²) in [6, 6.07) is 14.1. The molecule has 0 aliphatic carbocycles. The molecule has 0 amide bonds. The van der Waals surface area contributed by atoms with Crippen molar-refractivity contribution in [3.05, 3.63) is 53.8 Å². The lowest BCUT2D eigenvalue weighted by atomic mass is 10.1. The summed E-state index contributed by atoms with van der Waals surface area (Å²) < 4.78 is 21.5. The Morgan fingerprint density at radius 1 is 1.15 bits per heavy atom. The summed E-state index contributed by atoms with van der Waals surface area (Å²) >= 11 is 1.47. The topological polar surface area (TPSA) is 37.4 Å². The van der Waals surface area contributed by atoms with E-state index in [1.807, 2.05) is 36.4 Å². The molecule has 26 heavy (non-hydrogen) atoms. The zero-order chi connectivity index (χ0) is 17.5. The zero-order valence-electron chi connectivity index (χ0n) is 14.3. The Kier molecular flexibility index (Phi) is 4.11. The largest absolute Gasteiger partial charge is 0.431 e. The number of aromatic nitrogens is 1. The van der Waals surface area contributed by atoms with E-state index in [0.29, 0.717) is 29.6 Å². The van der Waals surface area contributed by atoms with Crippen LogP contribution in [-0.2, 0) is 6.54 Å². The normalized spacial score (nSPS) is 22.8. The molecule has 2 saturated heterocycles. The van der Waals surface area contributed by atoms with Crippen LogP contribution < -0.4 is 10.1 Å². The molecule has 2 aliphatic heterocycles. The van der Waals surface area contributed by atoms with Gasteiger partial charge < -0.3 is 10.1 Å². The van der Waals surface area contributed by atoms with Gasteiger partial charge in [-0.25, -0.2) is 9.37 Å². The highest BCUT2D eigenvalue weighted by Gasteiger charge is 2.36. The fourth-order valence-electron chi connectivity index (χ4n) is 4.04. The second kappa shape index (κ2) is 6.61. The zero-order valence-corrected chi connectivity index (χ0v) is 15.1. The first kappa shape index (κ1) is 16.2. The highest BCUT2D eigenvalue weighted by Crippen LogP contribution is 2.33. The second-order valence-corrected chi connectivity index (χ2v) is 8.01. The first-order valence-corrected chi connectivity index (χ1v) is 9.86. The van der Waals surface area contributed by atoms with Crippen LogP contribution >= 0.6 is 11.3 Å². The summed E-state index contributed by atoms with van der Waals surface area (Å²) in [6.45, 7) is 2.69. The van der Waals surface area contributed by atoms with Gasteiger partial charge >= 0.3 is 0 Å². The number of nitrogens with zero attached hydrogens (tertiary/aromatic N) is 2. The number of halogens is 1. The second-order valence-electron chi connectivity index (χ2n) is 7.02. The van der Waals surface area contributed by atoms with Gasteiger partial charge in [-0.05, 0) is 31.0 Å². The van der Waals surface area contributed by atoms with E-state index in [2.05, 4.69) is 15.2 Å². The Morgan fingerprint density at radius 3 is 2.73 bits per heavy atom. The third kappa shape index (κ3) is 2.98. The van der Waals surface area contributed by atoms with E-state index in [0.717, 1.165) is 28.9 Å². The van der Waals surface area contributed by atoms with E-state index in [1.54, 1.807) is 0 Å². The number of nitrogens with one attached hydrogen (secondary N) is 1. The van der Waals surface area contributed by atoms with Crippen molar-refractivity contribution in [1.82, 2.24) is 15.2 Å². The number of ether oxygens (including phenoxy) is 1. The van der Waals surface area contributed by atoms with Crippen LogP contribution in [0.2, 0.25) is 0 Å². The molecule has 0 radical (unpaired) electrons. The van der Waals surface area contributed by atoms with Gasteiger partial charge in [-0.3, -0.25) is 4.90 Å². The van der Waals surface area contributed by atoms with Crippen LogP contribution in [0, 0.1) is 5.82 Å². The molecule has 2 fully saturated rings. The van der Waals surface area contributed by atoms with Crippen molar-refractivity contribution in [2.75, 3.05) is 13.1 Å². The molecule has 1 aromatic heterocycles. The summed E-state index contributed by atoms with van der Waals surface area (Å²) in [6.07, 6.45) is 2.41. The number of para-hydroxylation sites is 1. The molecular formula is C20H20FN3OS. The minimum Gasteiger partial charge on any atom is -0.431 e. The van der Waals surface area contributed by atoms with Crippen molar-refractivity contribution in [2.45, 2.75) is 31.5 Å². The number of rotatable bonds is 4. The third-order valence-corrected chi connectivity index (χ3v) is 6.30. The van der Waals surface area contributed by atoms with Gasteiger partial charge in [0.15, 0.2) is 0 Å². The number of hydrogen-bond acceptors (Lipinski definition) is 5. The Labute approximate surface area is 155 Å². The molecule has 2 aliphatic rings. The third-order valence-electron chi connectivity index (χ3n) is 5.39. The molecule has 5 rings (SSSR count). The van der Waals surface area contributed by atoms with Crippen LogP contribution in [-0.4, -0.2) is 35.1 Å². The lowest BCUT2D eigenvalue weighted by molar-refractivity contribution is 0.143. The first-order valence-electron chi connectivity index (χ1n) is 9.04. The lowest BCUT2D eigenvalue weighted by Crippen LogP contribution is -2.51. The number of piperazine rings is 1. The fraction of sp³-hybridized carbons (Fsp3) is 0.350. The van der Waals surface area contributed by atoms with Crippen molar-refractivity contribution >= 4 is 21.6 Å². The Morgan fingerprint density at radius 2 is 1.96 bits per heavy atom. The Balaban J connectivity index is 1.33. The number of fused-ring (bicyclic) bond motifs is 3. The minimum absolute atomic E-state index is 0.207. The van der Waals surface area contributed by atoms with Crippen LogP contribution in [0.4, 0.5) is 4.39 Å². The predicted molar refractivity (Wildman–Crippen MR) is 101 cm³/mol. The molecule has 0 saturated carbocycles. The van der Waals surface area contributed by atoms with Gasteiger partial charge in [0, 0.05) is 43.3 Å². The van der Waals surface area contributed by atoms with Crippen LogP contribution in [0.15, 0.2) is 42.5 Å². The Hall–Kier alpha value is -2.02. The van der Waals surface area contributed by atoms with Gasteiger partial charge in [0.05, 0.1) is 10.2 Å². The molecule has 2 atom stereocenters. The van der Waals surface area contributed by atoms with E-state index in [4.69, 9.17) is 4.74 Å². The average molecular weight is 369 g/mol. The van der Waals surface area contributed by atoms with Crippen LogP contribution in [0.1, 0.15) is 18.4 Å². The van der Waals surface area contributed by atoms with Crippen molar-refractivity contribution in [2.24, 2.45) is 0 Å². The molecule has 3 aromatic rings. The van der Waals surface area contributed by atoms with Gasteiger partial charge in [-0.1, -0.05) is 29.5 Å². The Bertz CT molecular complexity index is 895. The summed E-state index contributed by atoms with van der Waals surface area (Å²) in [5, 5.41) is 4.00. The van der Waals surface area contributed by atoms with Gasteiger partial charge in [0.25, 0.3) is 5.19 Å². The molecule has 2 bridgehead atoms. The number of hydrogen-bond donors (Lipinski definition) is 1. The molecule has 4 nitrogen and oxygen atoms in total. The first-order chi connectivity index (χ1) is 12.8. The average Bonchev–Trinajstić information content (AvgIpc) is 3.13. The maximum Gasteiger partial charge on any atom is 0.279 e. The molecule has 2 unspecified atom stereocenters. The van der Waals surface area contributed by atoms with E-state index < -0.39 is 0 Å². The summed E-state index contributed by atoms with van der Waals surface area (Å²) in [4.78, 5) is 6.89. The number of benzene rings is 2. The summed E-state index contributed by atoms with van der Waals surface area (Å²) in [5.41, 5.74) is 1.64. The van der Waals surface area contributed by atoms with Crippen LogP contribution in [0.3, 0.4) is 0 Å². The van der Waals surface area contributed by atoms with E-state index >= 15 is 0 Å². The minimum atomic E-state index is -0.207. The number of thiazole rings is 1. The van der Waals surface area contributed by atoms with E-state index in [-0.39, 0.29) is 5.82 Å². The lowest BCUT2D eigenvalue weighted by Gasteiger charge is -2.35. The highest BCUT2D eigenvalue weighted by molar-refractivity contribution is 7.20. The quantitative estimate of drug-likeness (QED) is 0.749. The molecule has 134 valence electrons. The van der Waals surface area contributed by atoms with Crippen molar-refractivity contribution in [1.29, 1.82) is 0 Å². The van der Waals surface area contributed by atoms with Gasteiger partial charge in [-0.2, -0.15) is 0 Å². The standard InChI is InChI=1S/C20H20FN3OS/c21-17-9-16(25-20-23-18-3-1-2-4-19(18)26-20)8-5-13(17)12-24-14-6-7-15(24)11-22-10-14/h1-5,8-9,14-15,22H,6-7,10-12H2. The molecule has 1 N–H and O–H groups in total.